The van der Waals surface area contributed by atoms with Crippen LogP contribution in [0, 0.1) is 11.6 Å². The van der Waals surface area contributed by atoms with Crippen molar-refractivity contribution in [3.05, 3.63) is 35.4 Å². The van der Waals surface area contributed by atoms with Gasteiger partial charge < -0.3 is 4.90 Å². The van der Waals surface area contributed by atoms with Gasteiger partial charge in [-0.15, -0.1) is 0 Å². The van der Waals surface area contributed by atoms with Gasteiger partial charge in [-0.05, 0) is 31.4 Å². The van der Waals surface area contributed by atoms with E-state index in [1.165, 1.54) is 18.2 Å². The van der Waals surface area contributed by atoms with Crippen LogP contribution in [0.3, 0.4) is 0 Å². The number of carbonyl (C=O) groups excluding carboxylic acids is 1. The van der Waals surface area contributed by atoms with Crippen LogP contribution in [0.1, 0.15) is 24.8 Å². The molecule has 104 valence electrons. The molecule has 1 aromatic rings. The van der Waals surface area contributed by atoms with Crippen LogP contribution in [0.25, 0.3) is 0 Å². The summed E-state index contributed by atoms with van der Waals surface area (Å²) in [5.74, 6) is -1.50. The Morgan fingerprint density at radius 1 is 1.32 bits per heavy atom. The molecule has 0 spiro atoms. The predicted octanol–water partition coefficient (Wildman–Crippen LogP) is 3.28. The molecule has 2 rings (SSSR count). The summed E-state index contributed by atoms with van der Waals surface area (Å²) in [5, 5.41) is 0.707. The van der Waals surface area contributed by atoms with Crippen molar-refractivity contribution in [2.45, 2.75) is 31.7 Å². The number of halogens is 3. The lowest BCUT2D eigenvalue weighted by molar-refractivity contribution is -0.133. The van der Waals surface area contributed by atoms with Crippen LogP contribution in [-0.4, -0.2) is 28.7 Å². The minimum Gasteiger partial charge on any atom is -0.339 e. The van der Waals surface area contributed by atoms with Crippen LogP contribution in [0.2, 0.25) is 0 Å². The Hall–Kier alpha value is -0.970. The van der Waals surface area contributed by atoms with E-state index in [4.69, 9.17) is 0 Å². The molecule has 0 saturated carbocycles. The molecule has 1 aliphatic heterocycles. The number of carbonyl (C=O) groups is 1. The second kappa shape index (κ2) is 6.46. The lowest BCUT2D eigenvalue weighted by Gasteiger charge is -2.35. The van der Waals surface area contributed by atoms with Gasteiger partial charge in [0.05, 0.1) is 6.42 Å². The fourth-order valence-electron chi connectivity index (χ4n) is 2.44. The van der Waals surface area contributed by atoms with E-state index in [9.17, 15) is 13.6 Å². The third-order valence-electron chi connectivity index (χ3n) is 3.52. The number of amides is 1. The number of piperidine rings is 1. The lowest BCUT2D eigenvalue weighted by atomic mass is 10.0. The molecule has 0 N–H and O–H groups in total. The third-order valence-corrected chi connectivity index (χ3v) is 4.26. The molecule has 2 nitrogen and oxygen atoms in total. The van der Waals surface area contributed by atoms with Crippen LogP contribution >= 0.6 is 15.9 Å². The van der Waals surface area contributed by atoms with Crippen molar-refractivity contribution in [1.82, 2.24) is 4.90 Å². The average molecular weight is 332 g/mol. The summed E-state index contributed by atoms with van der Waals surface area (Å²) in [7, 11) is 0. The molecule has 1 saturated heterocycles. The molecule has 5 heteroatoms. The van der Waals surface area contributed by atoms with Crippen molar-refractivity contribution in [2.75, 3.05) is 11.9 Å². The zero-order valence-electron chi connectivity index (χ0n) is 10.5. The van der Waals surface area contributed by atoms with E-state index in [1.54, 1.807) is 4.90 Å². The molecule has 1 fully saturated rings. The standard InChI is InChI=1S/C14H16BrF2NO/c15-9-10-4-1-2-7-18(10)14(19)8-11-12(16)5-3-6-13(11)17/h3,5-6,10H,1-2,4,7-9H2. The molecular formula is C14H16BrF2NO. The molecule has 1 heterocycles. The van der Waals surface area contributed by atoms with Gasteiger partial charge >= 0.3 is 0 Å². The molecule has 0 aliphatic carbocycles. The van der Waals surface area contributed by atoms with Crippen LogP contribution in [0.4, 0.5) is 8.78 Å². The highest BCUT2D eigenvalue weighted by atomic mass is 79.9. The van der Waals surface area contributed by atoms with Gasteiger partial charge in [0, 0.05) is 23.5 Å². The van der Waals surface area contributed by atoms with Crippen molar-refractivity contribution in [2.24, 2.45) is 0 Å². The van der Waals surface area contributed by atoms with E-state index in [2.05, 4.69) is 15.9 Å². The maximum Gasteiger partial charge on any atom is 0.227 e. The fraction of sp³-hybridized carbons (Fsp3) is 0.500. The second-order valence-electron chi connectivity index (χ2n) is 4.77. The van der Waals surface area contributed by atoms with Crippen molar-refractivity contribution in [1.29, 1.82) is 0 Å². The van der Waals surface area contributed by atoms with Crippen molar-refractivity contribution in [3.8, 4) is 0 Å². The minimum atomic E-state index is -0.652. The topological polar surface area (TPSA) is 20.3 Å². The number of hydrogen-bond acceptors (Lipinski definition) is 1. The maximum atomic E-state index is 13.5. The Morgan fingerprint density at radius 2 is 2.00 bits per heavy atom. The summed E-state index contributed by atoms with van der Waals surface area (Å²) >= 11 is 3.39. The Labute approximate surface area is 119 Å². The summed E-state index contributed by atoms with van der Waals surface area (Å²) in [6, 6.07) is 3.81. The SMILES string of the molecule is O=C(Cc1c(F)cccc1F)N1CCCCC1CBr. The summed E-state index contributed by atoms with van der Waals surface area (Å²) in [6.45, 7) is 0.672. The quantitative estimate of drug-likeness (QED) is 0.778. The zero-order chi connectivity index (χ0) is 13.8. The first-order valence-corrected chi connectivity index (χ1v) is 7.54. The highest BCUT2D eigenvalue weighted by Crippen LogP contribution is 2.21. The van der Waals surface area contributed by atoms with E-state index in [1.807, 2.05) is 0 Å². The number of likely N-dealkylation sites (tertiary alicyclic amines) is 1. The van der Waals surface area contributed by atoms with Gasteiger partial charge in [-0.25, -0.2) is 8.78 Å². The van der Waals surface area contributed by atoms with E-state index >= 15 is 0 Å². The number of alkyl halides is 1. The van der Waals surface area contributed by atoms with Crippen molar-refractivity contribution < 1.29 is 13.6 Å². The molecule has 19 heavy (non-hydrogen) atoms. The molecule has 1 unspecified atom stereocenters. The Kier molecular flexibility index (Phi) is 4.91. The largest absolute Gasteiger partial charge is 0.339 e. The van der Waals surface area contributed by atoms with Crippen LogP contribution in [-0.2, 0) is 11.2 Å². The fourth-order valence-corrected chi connectivity index (χ4v) is 3.12. The highest BCUT2D eigenvalue weighted by Gasteiger charge is 2.26. The molecule has 0 radical (unpaired) electrons. The Balaban J connectivity index is 2.12. The molecule has 1 aromatic carbocycles. The summed E-state index contributed by atoms with van der Waals surface area (Å²) < 4.78 is 27.1. The van der Waals surface area contributed by atoms with Gasteiger partial charge in [0.1, 0.15) is 11.6 Å². The zero-order valence-corrected chi connectivity index (χ0v) is 12.1. The van der Waals surface area contributed by atoms with Gasteiger partial charge in [-0.3, -0.25) is 4.79 Å². The average Bonchev–Trinajstić information content (AvgIpc) is 2.42. The molecular weight excluding hydrogens is 316 g/mol. The number of benzene rings is 1. The van der Waals surface area contributed by atoms with Crippen molar-refractivity contribution >= 4 is 21.8 Å². The first kappa shape index (κ1) is 14.4. The summed E-state index contributed by atoms with van der Waals surface area (Å²) in [6.07, 6.45) is 2.78. The van der Waals surface area contributed by atoms with Crippen LogP contribution in [0.15, 0.2) is 18.2 Å². The maximum absolute atomic E-state index is 13.5. The van der Waals surface area contributed by atoms with Gasteiger partial charge in [0.25, 0.3) is 0 Å². The third kappa shape index (κ3) is 3.32. The van der Waals surface area contributed by atoms with Crippen LogP contribution in [0.5, 0.6) is 0 Å². The minimum absolute atomic E-state index is 0.133. The normalized spacial score (nSPS) is 19.5. The molecule has 0 bridgehead atoms. The van der Waals surface area contributed by atoms with E-state index < -0.39 is 11.6 Å². The van der Waals surface area contributed by atoms with E-state index in [0.717, 1.165) is 19.3 Å². The summed E-state index contributed by atoms with van der Waals surface area (Å²) in [5.41, 5.74) is -0.133. The number of hydrogen-bond donors (Lipinski definition) is 0. The Morgan fingerprint density at radius 3 is 2.63 bits per heavy atom. The highest BCUT2D eigenvalue weighted by molar-refractivity contribution is 9.09. The lowest BCUT2D eigenvalue weighted by Crippen LogP contribution is -2.45. The molecule has 1 atom stereocenters. The first-order chi connectivity index (χ1) is 9.13. The first-order valence-electron chi connectivity index (χ1n) is 6.42. The molecule has 1 aliphatic rings. The van der Waals surface area contributed by atoms with Gasteiger partial charge in [-0.1, -0.05) is 22.0 Å². The smallest absolute Gasteiger partial charge is 0.227 e. The molecule has 1 amide bonds. The number of nitrogens with zero attached hydrogens (tertiary/aromatic N) is 1. The Bertz CT molecular complexity index is 447. The van der Waals surface area contributed by atoms with Gasteiger partial charge in [0.2, 0.25) is 5.91 Å². The monoisotopic (exact) mass is 331 g/mol. The van der Waals surface area contributed by atoms with Gasteiger partial charge in [-0.2, -0.15) is 0 Å². The number of rotatable bonds is 3. The summed E-state index contributed by atoms with van der Waals surface area (Å²) in [4.78, 5) is 14.0. The second-order valence-corrected chi connectivity index (χ2v) is 5.42. The van der Waals surface area contributed by atoms with Crippen LogP contribution < -0.4 is 0 Å². The predicted molar refractivity (Wildman–Crippen MR) is 73.2 cm³/mol. The van der Waals surface area contributed by atoms with Gasteiger partial charge in [0.15, 0.2) is 0 Å². The van der Waals surface area contributed by atoms with Crippen molar-refractivity contribution in [3.63, 3.8) is 0 Å². The van der Waals surface area contributed by atoms with E-state index in [0.29, 0.717) is 11.9 Å². The van der Waals surface area contributed by atoms with E-state index in [-0.39, 0.29) is 23.9 Å². The molecule has 0 aromatic heterocycles.